The van der Waals surface area contributed by atoms with E-state index in [9.17, 15) is 13.9 Å². The highest BCUT2D eigenvalue weighted by Gasteiger charge is 2.13. The number of hydrogen-bond acceptors (Lipinski definition) is 2. The molecule has 5 heteroatoms. The Morgan fingerprint density at radius 2 is 1.85 bits per heavy atom. The normalized spacial score (nSPS) is 11.2. The molecule has 2 aromatic carbocycles. The number of aliphatic hydroxyl groups excluding tert-OH is 1. The summed E-state index contributed by atoms with van der Waals surface area (Å²) in [5.74, 6) is -1.29. The van der Waals surface area contributed by atoms with E-state index in [1.165, 1.54) is 6.07 Å². The number of imidazole rings is 1. The number of halogens is 2. The summed E-state index contributed by atoms with van der Waals surface area (Å²) in [6.45, 7) is 0.284. The molecular formula is C15H12F2N2O. The van der Waals surface area contributed by atoms with Crippen LogP contribution in [0.2, 0.25) is 0 Å². The lowest BCUT2D eigenvalue weighted by Crippen LogP contribution is -2.04. The van der Waals surface area contributed by atoms with Crippen LogP contribution < -0.4 is 0 Å². The monoisotopic (exact) mass is 274 g/mol. The molecular weight excluding hydrogens is 262 g/mol. The highest BCUT2D eigenvalue weighted by atomic mass is 19.2. The van der Waals surface area contributed by atoms with Gasteiger partial charge < -0.3 is 9.67 Å². The average Bonchev–Trinajstić information content (AvgIpc) is 2.82. The van der Waals surface area contributed by atoms with Gasteiger partial charge in [-0.15, -0.1) is 0 Å². The highest BCUT2D eigenvalue weighted by molar-refractivity contribution is 5.80. The van der Waals surface area contributed by atoms with Crippen molar-refractivity contribution in [1.82, 2.24) is 9.55 Å². The molecule has 0 atom stereocenters. The summed E-state index contributed by atoms with van der Waals surface area (Å²) in [5.41, 5.74) is 2.08. The molecule has 0 saturated heterocycles. The lowest BCUT2D eigenvalue weighted by atomic mass is 10.2. The predicted molar refractivity (Wildman–Crippen MR) is 72.2 cm³/mol. The molecule has 20 heavy (non-hydrogen) atoms. The van der Waals surface area contributed by atoms with E-state index in [0.717, 1.165) is 23.2 Å². The van der Waals surface area contributed by atoms with Crippen molar-refractivity contribution in [3.8, 4) is 11.4 Å². The number of nitrogens with zero attached hydrogens (tertiary/aromatic N) is 2. The third-order valence-electron chi connectivity index (χ3n) is 3.16. The van der Waals surface area contributed by atoms with Gasteiger partial charge in [-0.25, -0.2) is 13.8 Å². The molecule has 3 rings (SSSR count). The summed E-state index contributed by atoms with van der Waals surface area (Å²) in [4.78, 5) is 4.44. The number of rotatable bonds is 3. The minimum absolute atomic E-state index is 0.0585. The Labute approximate surface area is 114 Å². The number of aliphatic hydroxyl groups is 1. The fourth-order valence-corrected chi connectivity index (χ4v) is 2.26. The Kier molecular flexibility index (Phi) is 3.20. The van der Waals surface area contributed by atoms with Gasteiger partial charge in [0.15, 0.2) is 11.6 Å². The van der Waals surface area contributed by atoms with Crippen LogP contribution in [0.3, 0.4) is 0 Å². The molecule has 0 aliphatic carbocycles. The van der Waals surface area contributed by atoms with Crippen molar-refractivity contribution < 1.29 is 13.9 Å². The van der Waals surface area contributed by atoms with E-state index in [-0.39, 0.29) is 6.61 Å². The van der Waals surface area contributed by atoms with Crippen LogP contribution in [0.1, 0.15) is 0 Å². The van der Waals surface area contributed by atoms with Crippen LogP contribution in [0, 0.1) is 11.6 Å². The van der Waals surface area contributed by atoms with Crippen molar-refractivity contribution in [2.75, 3.05) is 6.61 Å². The lowest BCUT2D eigenvalue weighted by molar-refractivity contribution is 0.278. The van der Waals surface area contributed by atoms with Gasteiger partial charge in [0.05, 0.1) is 17.6 Å². The fourth-order valence-electron chi connectivity index (χ4n) is 2.26. The smallest absolute Gasteiger partial charge is 0.159 e. The Bertz CT molecular complexity index is 768. The Hall–Kier alpha value is -2.27. The van der Waals surface area contributed by atoms with Crippen LogP contribution in [0.25, 0.3) is 22.4 Å². The highest BCUT2D eigenvalue weighted by Crippen LogP contribution is 2.25. The molecule has 0 unspecified atom stereocenters. The number of aromatic nitrogens is 2. The van der Waals surface area contributed by atoms with Crippen LogP contribution in [-0.2, 0) is 6.54 Å². The van der Waals surface area contributed by atoms with Crippen LogP contribution in [0.15, 0.2) is 42.5 Å². The first-order valence-corrected chi connectivity index (χ1v) is 6.22. The summed E-state index contributed by atoms with van der Waals surface area (Å²) in [6, 6.07) is 11.1. The van der Waals surface area contributed by atoms with Crippen molar-refractivity contribution in [2.24, 2.45) is 0 Å². The van der Waals surface area contributed by atoms with E-state index < -0.39 is 11.6 Å². The van der Waals surface area contributed by atoms with Crippen molar-refractivity contribution in [3.05, 3.63) is 54.1 Å². The zero-order valence-electron chi connectivity index (χ0n) is 10.6. The molecule has 1 aromatic heterocycles. The lowest BCUT2D eigenvalue weighted by Gasteiger charge is -2.07. The van der Waals surface area contributed by atoms with Gasteiger partial charge in [-0.3, -0.25) is 0 Å². The quantitative estimate of drug-likeness (QED) is 0.797. The zero-order valence-corrected chi connectivity index (χ0v) is 10.6. The summed E-state index contributed by atoms with van der Waals surface area (Å²) < 4.78 is 28.2. The van der Waals surface area contributed by atoms with Gasteiger partial charge in [-0.05, 0) is 30.3 Å². The first-order valence-electron chi connectivity index (χ1n) is 6.22. The van der Waals surface area contributed by atoms with Gasteiger partial charge in [-0.1, -0.05) is 12.1 Å². The molecule has 0 amide bonds. The Morgan fingerprint density at radius 3 is 2.60 bits per heavy atom. The minimum Gasteiger partial charge on any atom is -0.395 e. The minimum atomic E-state index is -0.912. The van der Waals surface area contributed by atoms with Gasteiger partial charge in [0.25, 0.3) is 0 Å². The standard InChI is InChI=1S/C15H12F2N2O/c16-11-6-5-10(9-12(11)17)15-18-13-3-1-2-4-14(13)19(15)7-8-20/h1-6,9,20H,7-8H2. The summed E-state index contributed by atoms with van der Waals surface area (Å²) in [7, 11) is 0. The molecule has 1 N–H and O–H groups in total. The molecule has 102 valence electrons. The van der Waals surface area contributed by atoms with E-state index in [2.05, 4.69) is 4.98 Å². The van der Waals surface area contributed by atoms with Gasteiger partial charge >= 0.3 is 0 Å². The number of benzene rings is 2. The van der Waals surface area contributed by atoms with Gasteiger partial charge in [0.2, 0.25) is 0 Å². The van der Waals surface area contributed by atoms with Crippen molar-refractivity contribution >= 4 is 11.0 Å². The van der Waals surface area contributed by atoms with Crippen LogP contribution in [-0.4, -0.2) is 21.3 Å². The van der Waals surface area contributed by atoms with E-state index in [1.807, 2.05) is 24.3 Å². The third kappa shape index (κ3) is 2.06. The zero-order chi connectivity index (χ0) is 14.1. The second-order valence-corrected chi connectivity index (χ2v) is 4.43. The number of para-hydroxylation sites is 2. The summed E-state index contributed by atoms with van der Waals surface area (Å²) in [5, 5.41) is 9.18. The molecule has 0 aliphatic heterocycles. The third-order valence-corrected chi connectivity index (χ3v) is 3.16. The summed E-state index contributed by atoms with van der Waals surface area (Å²) in [6.07, 6.45) is 0. The van der Waals surface area contributed by atoms with E-state index in [4.69, 9.17) is 0 Å². The van der Waals surface area contributed by atoms with Crippen LogP contribution >= 0.6 is 0 Å². The van der Waals surface area contributed by atoms with E-state index in [1.54, 1.807) is 4.57 Å². The molecule has 3 aromatic rings. The molecule has 0 aliphatic rings. The first kappa shape index (κ1) is 12.7. The van der Waals surface area contributed by atoms with Crippen molar-refractivity contribution in [1.29, 1.82) is 0 Å². The topological polar surface area (TPSA) is 38.0 Å². The van der Waals surface area contributed by atoms with Gasteiger partial charge in [-0.2, -0.15) is 0 Å². The molecule has 1 heterocycles. The molecule has 0 radical (unpaired) electrons. The number of fused-ring (bicyclic) bond motifs is 1. The van der Waals surface area contributed by atoms with Gasteiger partial charge in [0.1, 0.15) is 5.82 Å². The second kappa shape index (κ2) is 5.02. The first-order chi connectivity index (χ1) is 9.70. The largest absolute Gasteiger partial charge is 0.395 e. The van der Waals surface area contributed by atoms with Crippen LogP contribution in [0.5, 0.6) is 0 Å². The van der Waals surface area contributed by atoms with E-state index >= 15 is 0 Å². The molecule has 0 bridgehead atoms. The van der Waals surface area contributed by atoms with Crippen LogP contribution in [0.4, 0.5) is 8.78 Å². The van der Waals surface area contributed by atoms with Crippen molar-refractivity contribution in [3.63, 3.8) is 0 Å². The molecule has 0 fully saturated rings. The second-order valence-electron chi connectivity index (χ2n) is 4.43. The molecule has 0 saturated carbocycles. The maximum Gasteiger partial charge on any atom is 0.159 e. The maximum absolute atomic E-state index is 13.4. The fraction of sp³-hybridized carbons (Fsp3) is 0.133. The Morgan fingerprint density at radius 1 is 1.05 bits per heavy atom. The predicted octanol–water partition coefficient (Wildman–Crippen LogP) is 2.97. The van der Waals surface area contributed by atoms with Crippen molar-refractivity contribution in [2.45, 2.75) is 6.54 Å². The van der Waals surface area contributed by atoms with Gasteiger partial charge in [0, 0.05) is 12.1 Å². The van der Waals surface area contributed by atoms with E-state index in [0.29, 0.717) is 17.9 Å². The molecule has 0 spiro atoms. The SMILES string of the molecule is OCCn1c(-c2ccc(F)c(F)c2)nc2ccccc21. The molecule has 3 nitrogen and oxygen atoms in total. The number of hydrogen-bond donors (Lipinski definition) is 1. The summed E-state index contributed by atoms with van der Waals surface area (Å²) >= 11 is 0. The average molecular weight is 274 g/mol. The Balaban J connectivity index is 2.23. The maximum atomic E-state index is 13.4.